The van der Waals surface area contributed by atoms with Gasteiger partial charge in [0.05, 0.1) is 0 Å². The molecule has 1 aliphatic heterocycles. The average molecular weight is 505 g/mol. The van der Waals surface area contributed by atoms with Crippen LogP contribution in [0.3, 0.4) is 0 Å². The van der Waals surface area contributed by atoms with E-state index in [0.717, 1.165) is 49.8 Å². The maximum Gasteiger partial charge on any atom is 0.191 e. The van der Waals surface area contributed by atoms with Crippen molar-refractivity contribution in [1.29, 1.82) is 0 Å². The molecule has 9 heteroatoms. The molecule has 1 aromatic rings. The van der Waals surface area contributed by atoms with Crippen LogP contribution >= 0.6 is 24.0 Å². The number of methoxy groups -OCH3 is 1. The molecule has 1 saturated heterocycles. The van der Waals surface area contributed by atoms with Gasteiger partial charge >= 0.3 is 0 Å². The minimum Gasteiger partial charge on any atom is -0.385 e. The Bertz CT molecular complexity index is 615. The Kier molecular flexibility index (Phi) is 9.93. The molecule has 1 atom stereocenters. The third kappa shape index (κ3) is 6.55. The van der Waals surface area contributed by atoms with Gasteiger partial charge in [-0.1, -0.05) is 12.8 Å². The fraction of sp³-hybridized carbons (Fsp3) is 0.842. The molecule has 2 heterocycles. The van der Waals surface area contributed by atoms with Gasteiger partial charge in [-0.15, -0.1) is 34.2 Å². The van der Waals surface area contributed by atoms with Crippen LogP contribution in [0.1, 0.15) is 50.2 Å². The number of aliphatic imine (C=N–C) groups is 1. The van der Waals surface area contributed by atoms with Crippen LogP contribution in [0.25, 0.3) is 0 Å². The van der Waals surface area contributed by atoms with E-state index in [4.69, 9.17) is 9.73 Å². The van der Waals surface area contributed by atoms with E-state index >= 15 is 0 Å². The van der Waals surface area contributed by atoms with Crippen molar-refractivity contribution in [3.05, 3.63) is 11.6 Å². The molecule has 8 nitrogen and oxygen atoms in total. The van der Waals surface area contributed by atoms with Crippen LogP contribution in [-0.2, 0) is 18.3 Å². The smallest absolute Gasteiger partial charge is 0.191 e. The largest absolute Gasteiger partial charge is 0.385 e. The van der Waals surface area contributed by atoms with E-state index in [0.29, 0.717) is 12.6 Å². The summed E-state index contributed by atoms with van der Waals surface area (Å²) in [6.07, 6.45) is 7.66. The third-order valence-corrected chi connectivity index (χ3v) is 5.78. The Balaban J connectivity index is 0.00000280. The number of aromatic nitrogens is 3. The molecule has 2 fully saturated rings. The second-order valence-electron chi connectivity index (χ2n) is 7.72. The van der Waals surface area contributed by atoms with Gasteiger partial charge in [0, 0.05) is 52.5 Å². The van der Waals surface area contributed by atoms with Gasteiger partial charge in [-0.05, 0) is 32.6 Å². The van der Waals surface area contributed by atoms with Gasteiger partial charge in [0.2, 0.25) is 0 Å². The first-order valence-electron chi connectivity index (χ1n) is 10.3. The summed E-state index contributed by atoms with van der Waals surface area (Å²) >= 11 is 0. The zero-order chi connectivity index (χ0) is 19.1. The van der Waals surface area contributed by atoms with E-state index in [1.165, 1.54) is 38.6 Å². The zero-order valence-electron chi connectivity index (χ0n) is 17.5. The normalized spacial score (nSPS) is 21.1. The number of likely N-dealkylation sites (tertiary alicyclic amines) is 1. The van der Waals surface area contributed by atoms with Crippen molar-refractivity contribution in [1.82, 2.24) is 30.3 Å². The fourth-order valence-electron chi connectivity index (χ4n) is 4.01. The molecule has 160 valence electrons. The minimum absolute atomic E-state index is 0. The Hall–Kier alpha value is -0.940. The molecule has 0 amide bonds. The van der Waals surface area contributed by atoms with E-state index in [1.807, 2.05) is 18.5 Å². The van der Waals surface area contributed by atoms with Gasteiger partial charge in [0.1, 0.15) is 12.4 Å². The summed E-state index contributed by atoms with van der Waals surface area (Å²) in [4.78, 5) is 7.43. The van der Waals surface area contributed by atoms with Crippen LogP contribution in [0, 0.1) is 6.92 Å². The molecule has 1 saturated carbocycles. The molecule has 2 N–H and O–H groups in total. The van der Waals surface area contributed by atoms with E-state index < -0.39 is 0 Å². The predicted octanol–water partition coefficient (Wildman–Crippen LogP) is 1.83. The van der Waals surface area contributed by atoms with Crippen molar-refractivity contribution in [3.8, 4) is 0 Å². The monoisotopic (exact) mass is 505 g/mol. The highest BCUT2D eigenvalue weighted by Crippen LogP contribution is 2.26. The first-order valence-corrected chi connectivity index (χ1v) is 10.3. The topological polar surface area (TPSA) is 79.6 Å². The molecule has 0 radical (unpaired) electrons. The second-order valence-corrected chi connectivity index (χ2v) is 7.72. The van der Waals surface area contributed by atoms with Crippen molar-refractivity contribution in [2.75, 3.05) is 33.4 Å². The summed E-state index contributed by atoms with van der Waals surface area (Å²) in [7, 11) is 3.72. The van der Waals surface area contributed by atoms with Crippen LogP contribution < -0.4 is 10.6 Å². The highest BCUT2D eigenvalue weighted by atomic mass is 127. The number of guanidine groups is 1. The number of halogens is 1. The van der Waals surface area contributed by atoms with Crippen molar-refractivity contribution < 1.29 is 4.74 Å². The number of nitrogens with one attached hydrogen (secondary N) is 2. The standard InChI is InChI=1S/C19H35N7O.HI/c1-15-23-24-18(25(15)2)13-21-19(20-10-6-12-27-3)22-16-9-11-26(14-16)17-7-4-5-8-17;/h16-17H,4-14H2,1-3H3,(H2,20,21,22);1H. The zero-order valence-corrected chi connectivity index (χ0v) is 19.8. The molecule has 0 spiro atoms. The fourth-order valence-corrected chi connectivity index (χ4v) is 4.01. The quantitative estimate of drug-likeness (QED) is 0.243. The molecule has 0 aromatic carbocycles. The lowest BCUT2D eigenvalue weighted by Gasteiger charge is -2.24. The maximum absolute atomic E-state index is 5.15. The molecule has 2 aliphatic rings. The van der Waals surface area contributed by atoms with Gasteiger partial charge in [0.25, 0.3) is 0 Å². The molecule has 3 rings (SSSR count). The Morgan fingerprint density at radius 3 is 2.71 bits per heavy atom. The summed E-state index contributed by atoms with van der Waals surface area (Å²) < 4.78 is 7.14. The number of nitrogens with zero attached hydrogens (tertiary/aromatic N) is 5. The van der Waals surface area contributed by atoms with Crippen molar-refractivity contribution in [3.63, 3.8) is 0 Å². The molecular weight excluding hydrogens is 469 g/mol. The van der Waals surface area contributed by atoms with Gasteiger partial charge in [-0.2, -0.15) is 0 Å². The number of hydrogen-bond acceptors (Lipinski definition) is 5. The van der Waals surface area contributed by atoms with Crippen molar-refractivity contribution in [2.45, 2.75) is 64.1 Å². The van der Waals surface area contributed by atoms with E-state index in [-0.39, 0.29) is 24.0 Å². The van der Waals surface area contributed by atoms with E-state index in [2.05, 4.69) is 25.7 Å². The Morgan fingerprint density at radius 1 is 1.25 bits per heavy atom. The summed E-state index contributed by atoms with van der Waals surface area (Å²) in [6, 6.07) is 1.26. The second kappa shape index (κ2) is 11.9. The molecular formula is C19H36IN7O. The summed E-state index contributed by atoms with van der Waals surface area (Å²) in [5.41, 5.74) is 0. The molecule has 1 aromatic heterocycles. The lowest BCUT2D eigenvalue weighted by Crippen LogP contribution is -2.45. The molecule has 0 bridgehead atoms. The summed E-state index contributed by atoms with van der Waals surface area (Å²) in [5, 5.41) is 15.4. The van der Waals surface area contributed by atoms with Gasteiger partial charge in [-0.25, -0.2) is 4.99 Å². The highest BCUT2D eigenvalue weighted by Gasteiger charge is 2.30. The van der Waals surface area contributed by atoms with E-state index in [9.17, 15) is 0 Å². The minimum atomic E-state index is 0. The van der Waals surface area contributed by atoms with Crippen LogP contribution in [0.5, 0.6) is 0 Å². The third-order valence-electron chi connectivity index (χ3n) is 5.78. The Labute approximate surface area is 185 Å². The predicted molar refractivity (Wildman–Crippen MR) is 122 cm³/mol. The van der Waals surface area contributed by atoms with Gasteiger partial charge in [0.15, 0.2) is 11.8 Å². The molecule has 1 unspecified atom stereocenters. The van der Waals surface area contributed by atoms with Crippen LogP contribution in [-0.4, -0.2) is 71.1 Å². The van der Waals surface area contributed by atoms with Crippen LogP contribution in [0.4, 0.5) is 0 Å². The first-order chi connectivity index (χ1) is 13.2. The summed E-state index contributed by atoms with van der Waals surface area (Å²) in [5.74, 6) is 2.65. The maximum atomic E-state index is 5.15. The van der Waals surface area contributed by atoms with Crippen molar-refractivity contribution >= 4 is 29.9 Å². The first kappa shape index (κ1) is 23.3. The number of hydrogen-bond donors (Lipinski definition) is 2. The average Bonchev–Trinajstić information content (AvgIpc) is 3.40. The SMILES string of the molecule is COCCCNC(=NCc1nnc(C)n1C)NC1CCN(C2CCCC2)C1.I. The van der Waals surface area contributed by atoms with Gasteiger partial charge < -0.3 is 19.9 Å². The molecule has 28 heavy (non-hydrogen) atoms. The van der Waals surface area contributed by atoms with E-state index in [1.54, 1.807) is 7.11 Å². The number of ether oxygens (including phenoxy) is 1. The lowest BCUT2D eigenvalue weighted by molar-refractivity contribution is 0.195. The molecule has 1 aliphatic carbocycles. The van der Waals surface area contributed by atoms with Gasteiger partial charge in [-0.3, -0.25) is 4.90 Å². The number of aryl methyl sites for hydroxylation is 1. The highest BCUT2D eigenvalue weighted by molar-refractivity contribution is 14.0. The summed E-state index contributed by atoms with van der Waals surface area (Å²) in [6.45, 7) is 6.39. The number of rotatable bonds is 8. The van der Waals surface area contributed by atoms with Crippen LogP contribution in [0.15, 0.2) is 4.99 Å². The van der Waals surface area contributed by atoms with Crippen LogP contribution in [0.2, 0.25) is 0 Å². The van der Waals surface area contributed by atoms with Crippen molar-refractivity contribution in [2.24, 2.45) is 12.0 Å². The lowest BCUT2D eigenvalue weighted by atomic mass is 10.2. The Morgan fingerprint density at radius 2 is 2.04 bits per heavy atom.